The van der Waals surface area contributed by atoms with E-state index in [4.69, 9.17) is 27.9 Å². The van der Waals surface area contributed by atoms with E-state index in [-0.39, 0.29) is 17.7 Å². The molecule has 0 bridgehead atoms. The second kappa shape index (κ2) is 7.78. The molecule has 0 amide bonds. The molecule has 0 saturated carbocycles. The predicted molar refractivity (Wildman–Crippen MR) is 113 cm³/mol. The van der Waals surface area contributed by atoms with Crippen molar-refractivity contribution in [2.24, 2.45) is 0 Å². The molecule has 0 atom stereocenters. The van der Waals surface area contributed by atoms with Crippen LogP contribution in [-0.4, -0.2) is 42.6 Å². The van der Waals surface area contributed by atoms with E-state index in [1.807, 2.05) is 37.3 Å². The first-order valence-electron chi connectivity index (χ1n) is 9.63. The summed E-state index contributed by atoms with van der Waals surface area (Å²) in [4.78, 5) is 15.3. The number of anilines is 1. The quantitative estimate of drug-likeness (QED) is 0.625. The van der Waals surface area contributed by atoms with Gasteiger partial charge in [-0.3, -0.25) is 9.69 Å². The van der Waals surface area contributed by atoms with E-state index in [2.05, 4.69) is 9.80 Å². The molecule has 29 heavy (non-hydrogen) atoms. The Morgan fingerprint density at radius 2 is 1.86 bits per heavy atom. The third kappa shape index (κ3) is 4.23. The molecule has 4 rings (SSSR count). The molecule has 0 aromatic heterocycles. The van der Waals surface area contributed by atoms with Gasteiger partial charge >= 0.3 is 5.97 Å². The number of ether oxygens (including phenoxy) is 1. The molecule has 0 N–H and O–H groups in total. The van der Waals surface area contributed by atoms with Crippen molar-refractivity contribution in [3.8, 4) is 0 Å². The number of rotatable bonds is 5. The maximum Gasteiger partial charge on any atom is 0.303 e. The second-order valence-electron chi connectivity index (χ2n) is 8.21. The van der Waals surface area contributed by atoms with Crippen LogP contribution in [0.4, 0.5) is 10.1 Å². The molecule has 0 aliphatic carbocycles. The molecule has 0 spiro atoms. The van der Waals surface area contributed by atoms with Gasteiger partial charge in [0.25, 0.3) is 0 Å². The lowest BCUT2D eigenvalue weighted by molar-refractivity contribution is -0.174. The maximum absolute atomic E-state index is 14.7. The summed E-state index contributed by atoms with van der Waals surface area (Å²) in [5.74, 6) is -0.227. The summed E-state index contributed by atoms with van der Waals surface area (Å²) in [6, 6.07) is 11.0. The highest BCUT2D eigenvalue weighted by molar-refractivity contribution is 6.39. The van der Waals surface area contributed by atoms with Crippen LogP contribution in [0.15, 0.2) is 36.4 Å². The number of likely N-dealkylation sites (tertiary alicyclic amines) is 1. The van der Waals surface area contributed by atoms with Gasteiger partial charge in [-0.05, 0) is 30.7 Å². The summed E-state index contributed by atoms with van der Waals surface area (Å²) in [5, 5.41) is 1.26. The Morgan fingerprint density at radius 1 is 1.21 bits per heavy atom. The summed E-state index contributed by atoms with van der Waals surface area (Å²) in [6.45, 7) is 6.57. The van der Waals surface area contributed by atoms with E-state index in [0.29, 0.717) is 35.2 Å². The fourth-order valence-corrected chi connectivity index (χ4v) is 4.91. The minimum Gasteiger partial charge on any atom is -0.457 e. The highest BCUT2D eigenvalue weighted by Gasteiger charge is 2.41. The second-order valence-corrected chi connectivity index (χ2v) is 9.03. The Balaban J connectivity index is 1.35. The molecule has 0 radical (unpaired) electrons. The smallest absolute Gasteiger partial charge is 0.303 e. The first-order valence-corrected chi connectivity index (χ1v) is 10.4. The van der Waals surface area contributed by atoms with Crippen LogP contribution in [0.3, 0.4) is 0 Å². The van der Waals surface area contributed by atoms with E-state index in [1.165, 1.54) is 6.92 Å². The van der Waals surface area contributed by atoms with Gasteiger partial charge in [0, 0.05) is 51.1 Å². The fourth-order valence-electron chi connectivity index (χ4n) is 4.27. The molecule has 2 aliphatic rings. The van der Waals surface area contributed by atoms with Crippen molar-refractivity contribution in [1.82, 2.24) is 4.90 Å². The molecule has 2 aliphatic heterocycles. The van der Waals surface area contributed by atoms with Crippen LogP contribution >= 0.6 is 23.2 Å². The molecular formula is C22H23Cl2FN2O2. The molecule has 0 unspecified atom stereocenters. The summed E-state index contributed by atoms with van der Waals surface area (Å²) >= 11 is 12.5. The van der Waals surface area contributed by atoms with Crippen molar-refractivity contribution in [3.05, 3.63) is 63.4 Å². The zero-order valence-corrected chi connectivity index (χ0v) is 17.9. The Kier molecular flexibility index (Phi) is 5.49. The van der Waals surface area contributed by atoms with E-state index >= 15 is 0 Å². The van der Waals surface area contributed by atoms with Crippen molar-refractivity contribution in [1.29, 1.82) is 0 Å². The van der Waals surface area contributed by atoms with E-state index in [0.717, 1.165) is 24.3 Å². The molecule has 2 aromatic carbocycles. The van der Waals surface area contributed by atoms with Gasteiger partial charge in [-0.2, -0.15) is 0 Å². The minimum absolute atomic E-state index is 0.196. The molecular weight excluding hydrogens is 414 g/mol. The first kappa shape index (κ1) is 20.5. The monoisotopic (exact) mass is 436 g/mol. The van der Waals surface area contributed by atoms with Gasteiger partial charge in [0.05, 0.1) is 15.7 Å². The summed E-state index contributed by atoms with van der Waals surface area (Å²) in [5.41, 5.74) is 2.03. The number of carbonyl (C=O) groups is 1. The summed E-state index contributed by atoms with van der Waals surface area (Å²) in [6.07, 6.45) is 0. The lowest BCUT2D eigenvalue weighted by Crippen LogP contribution is -2.61. The predicted octanol–water partition coefficient (Wildman–Crippen LogP) is 4.87. The average Bonchev–Trinajstić information content (AvgIpc) is 2.56. The summed E-state index contributed by atoms with van der Waals surface area (Å²) < 4.78 is 20.0. The van der Waals surface area contributed by atoms with Crippen LogP contribution in [0, 0.1) is 5.82 Å². The lowest BCUT2D eigenvalue weighted by Gasteiger charge is -2.46. The van der Waals surface area contributed by atoms with Gasteiger partial charge in [-0.25, -0.2) is 4.39 Å². The molecule has 154 valence electrons. The van der Waals surface area contributed by atoms with Crippen molar-refractivity contribution in [2.45, 2.75) is 31.9 Å². The third-order valence-electron chi connectivity index (χ3n) is 5.58. The highest BCUT2D eigenvalue weighted by atomic mass is 35.5. The van der Waals surface area contributed by atoms with Crippen molar-refractivity contribution >= 4 is 34.9 Å². The number of benzene rings is 2. The highest BCUT2D eigenvalue weighted by Crippen LogP contribution is 2.40. The molecule has 2 fully saturated rings. The van der Waals surface area contributed by atoms with Crippen LogP contribution in [0.1, 0.15) is 30.9 Å². The van der Waals surface area contributed by atoms with Crippen molar-refractivity contribution in [3.63, 3.8) is 0 Å². The number of nitrogens with zero attached hydrogens (tertiary/aromatic N) is 2. The van der Waals surface area contributed by atoms with Gasteiger partial charge < -0.3 is 9.64 Å². The van der Waals surface area contributed by atoms with Crippen molar-refractivity contribution < 1.29 is 13.9 Å². The molecule has 2 heterocycles. The largest absolute Gasteiger partial charge is 0.457 e. The van der Waals surface area contributed by atoms with Gasteiger partial charge in [-0.1, -0.05) is 41.4 Å². The zero-order valence-electron chi connectivity index (χ0n) is 16.4. The van der Waals surface area contributed by atoms with Gasteiger partial charge in [0.1, 0.15) is 11.4 Å². The SMILES string of the molecule is CC(=O)OC1(C)CN(Cc2ccc(C3CN(c4c(Cl)cccc4Cl)C3)cc2F)C1. The van der Waals surface area contributed by atoms with Crippen LogP contribution in [-0.2, 0) is 16.1 Å². The Labute approximate surface area is 180 Å². The first-order chi connectivity index (χ1) is 13.7. The topological polar surface area (TPSA) is 32.8 Å². The fraction of sp³-hybridized carbons (Fsp3) is 0.409. The normalized spacial score (nSPS) is 18.9. The molecule has 2 aromatic rings. The van der Waals surface area contributed by atoms with Crippen LogP contribution < -0.4 is 4.90 Å². The van der Waals surface area contributed by atoms with Gasteiger partial charge in [-0.15, -0.1) is 0 Å². The minimum atomic E-state index is -0.461. The van der Waals surface area contributed by atoms with E-state index < -0.39 is 5.60 Å². The Bertz CT molecular complexity index is 920. The van der Waals surface area contributed by atoms with Crippen LogP contribution in [0.5, 0.6) is 0 Å². The van der Waals surface area contributed by atoms with E-state index in [9.17, 15) is 9.18 Å². The lowest BCUT2D eigenvalue weighted by atomic mass is 9.89. The Morgan fingerprint density at radius 3 is 2.45 bits per heavy atom. The van der Waals surface area contributed by atoms with Crippen molar-refractivity contribution in [2.75, 3.05) is 31.1 Å². The molecule has 7 heteroatoms. The van der Waals surface area contributed by atoms with Gasteiger partial charge in [0.2, 0.25) is 0 Å². The molecule has 2 saturated heterocycles. The van der Waals surface area contributed by atoms with E-state index in [1.54, 1.807) is 6.07 Å². The van der Waals surface area contributed by atoms with Crippen LogP contribution in [0.25, 0.3) is 0 Å². The van der Waals surface area contributed by atoms with Crippen LogP contribution in [0.2, 0.25) is 10.0 Å². The standard InChI is InChI=1S/C22H23Cl2FN2O2/c1-14(28)29-22(2)12-26(13-22)9-16-7-6-15(8-20(16)25)17-10-27(11-17)21-18(23)4-3-5-19(21)24/h3-8,17H,9-13H2,1-2H3. The van der Waals surface area contributed by atoms with Gasteiger partial charge in [0.15, 0.2) is 0 Å². The Hall–Kier alpha value is -1.82. The number of esters is 1. The summed E-state index contributed by atoms with van der Waals surface area (Å²) in [7, 11) is 0. The third-order valence-corrected chi connectivity index (χ3v) is 6.19. The number of carbonyl (C=O) groups excluding carboxylic acids is 1. The number of para-hydroxylation sites is 1. The zero-order chi connectivity index (χ0) is 20.8. The maximum atomic E-state index is 14.7. The number of hydrogen-bond donors (Lipinski definition) is 0. The number of hydrogen-bond acceptors (Lipinski definition) is 4. The number of halogens is 3. The average molecular weight is 437 g/mol. The molecule has 4 nitrogen and oxygen atoms in total.